The number of ether oxygens (including phenoxy) is 3. The second kappa shape index (κ2) is 12.0. The van der Waals surface area contributed by atoms with Crippen LogP contribution in [-0.4, -0.2) is 71.1 Å². The summed E-state index contributed by atoms with van der Waals surface area (Å²) in [5.41, 5.74) is 2.63. The highest BCUT2D eigenvalue weighted by atomic mass is 16.6. The van der Waals surface area contributed by atoms with Gasteiger partial charge in [-0.1, -0.05) is 51.3 Å². The van der Waals surface area contributed by atoms with Gasteiger partial charge in [0.05, 0.1) is 18.6 Å². The van der Waals surface area contributed by atoms with Crippen LogP contribution in [0.5, 0.6) is 11.5 Å². The van der Waals surface area contributed by atoms with Crippen molar-refractivity contribution in [1.82, 2.24) is 9.80 Å². The molecule has 1 aromatic rings. The van der Waals surface area contributed by atoms with Crippen molar-refractivity contribution in [3.8, 4) is 11.5 Å². The van der Waals surface area contributed by atoms with Gasteiger partial charge < -0.3 is 24.2 Å². The number of rotatable bonds is 10. The average Bonchev–Trinajstić information content (AvgIpc) is 3.19. The first-order valence-electron chi connectivity index (χ1n) is 18.7. The third kappa shape index (κ3) is 6.22. The van der Waals surface area contributed by atoms with Crippen LogP contribution in [0.15, 0.2) is 24.3 Å². The van der Waals surface area contributed by atoms with Crippen molar-refractivity contribution in [3.05, 3.63) is 35.4 Å². The summed E-state index contributed by atoms with van der Waals surface area (Å²) in [6, 6.07) is 4.27. The van der Waals surface area contributed by atoms with E-state index in [-0.39, 0.29) is 23.2 Å². The lowest BCUT2D eigenvalue weighted by molar-refractivity contribution is -0.157. The predicted molar refractivity (Wildman–Crippen MR) is 185 cm³/mol. The van der Waals surface area contributed by atoms with E-state index in [2.05, 4.69) is 35.8 Å². The molecule has 4 bridgehead atoms. The van der Waals surface area contributed by atoms with E-state index in [4.69, 9.17) is 14.2 Å². The Morgan fingerprint density at radius 1 is 1.04 bits per heavy atom. The van der Waals surface area contributed by atoms with E-state index in [1.807, 2.05) is 32.9 Å². The number of aliphatic hydroxyl groups is 1. The molecule has 0 radical (unpaired) electrons. The van der Waals surface area contributed by atoms with Gasteiger partial charge in [0.2, 0.25) is 0 Å². The highest BCUT2D eigenvalue weighted by Crippen LogP contribution is 2.68. The molecular formula is C40H60N2O5. The minimum atomic E-state index is -0.479. The molecule has 0 saturated heterocycles. The van der Waals surface area contributed by atoms with Gasteiger partial charge in [0.25, 0.3) is 0 Å². The zero-order chi connectivity index (χ0) is 33.2. The summed E-state index contributed by atoms with van der Waals surface area (Å²) in [7, 11) is 1.71. The second-order valence-corrected chi connectivity index (χ2v) is 18.2. The fourth-order valence-electron chi connectivity index (χ4n) is 11.8. The van der Waals surface area contributed by atoms with Gasteiger partial charge in [-0.05, 0) is 120 Å². The van der Waals surface area contributed by atoms with Gasteiger partial charge >= 0.3 is 6.09 Å². The lowest BCUT2D eigenvalue weighted by Crippen LogP contribution is -2.66. The molecule has 1 aromatic carbocycles. The molecule has 47 heavy (non-hydrogen) atoms. The molecule has 5 aliphatic carbocycles. The fourth-order valence-corrected chi connectivity index (χ4v) is 11.8. The van der Waals surface area contributed by atoms with Crippen molar-refractivity contribution in [2.75, 3.05) is 26.7 Å². The van der Waals surface area contributed by atoms with E-state index in [0.717, 1.165) is 82.1 Å². The predicted octanol–water partition coefficient (Wildman–Crippen LogP) is 8.16. The van der Waals surface area contributed by atoms with Gasteiger partial charge in [0.1, 0.15) is 11.7 Å². The molecule has 1 spiro atoms. The first-order valence-corrected chi connectivity index (χ1v) is 18.7. The van der Waals surface area contributed by atoms with Crippen molar-refractivity contribution in [2.45, 2.75) is 153 Å². The monoisotopic (exact) mass is 648 g/mol. The van der Waals surface area contributed by atoms with Crippen molar-refractivity contribution in [3.63, 3.8) is 0 Å². The van der Waals surface area contributed by atoms with Gasteiger partial charge in [-0.2, -0.15) is 0 Å². The Bertz CT molecular complexity index is 1370. The number of aliphatic hydroxyl groups excluding tert-OH is 1. The Hall–Kier alpha value is -2.25. The maximum atomic E-state index is 13.8. The first kappa shape index (κ1) is 33.3. The molecule has 1 N–H and O–H groups in total. The molecular weight excluding hydrogens is 588 g/mol. The normalized spacial score (nSPS) is 36.8. The Labute approximate surface area is 283 Å². The molecule has 0 aromatic heterocycles. The number of unbranched alkanes of at least 4 members (excludes halogenated alkanes) is 4. The molecule has 8 rings (SSSR count). The minimum absolute atomic E-state index is 0.0339. The first-order chi connectivity index (χ1) is 22.2. The topological polar surface area (TPSA) is 71.5 Å². The number of carbonyl (C=O) groups excluding carboxylic acids is 1. The molecule has 2 aliphatic heterocycles. The second-order valence-electron chi connectivity index (χ2n) is 18.2. The third-order valence-corrected chi connectivity index (χ3v) is 12.7. The van der Waals surface area contributed by atoms with E-state index in [0.29, 0.717) is 17.3 Å². The van der Waals surface area contributed by atoms with Gasteiger partial charge in [-0.25, -0.2) is 4.79 Å². The van der Waals surface area contributed by atoms with Crippen LogP contribution < -0.4 is 9.47 Å². The number of benzene rings is 1. The smallest absolute Gasteiger partial charge is 0.410 e. The average molecular weight is 649 g/mol. The fraction of sp³-hybridized carbons (Fsp3) is 0.775. The quantitative estimate of drug-likeness (QED) is 0.204. The lowest BCUT2D eigenvalue weighted by atomic mass is 9.42. The molecule has 4 fully saturated rings. The van der Waals surface area contributed by atoms with E-state index in [9.17, 15) is 9.90 Å². The summed E-state index contributed by atoms with van der Waals surface area (Å²) in [6.07, 6.45) is 18.4. The SMILES string of the molecule is COc1ccc2c3c1O[C@H]1C[C@@H](O)C=C[C@@]31CCN(CCCCCCCN(C(=O)OC(C)(C)C)C13CC4C[C@@](C)(C1)C[C@](C)(C4)C3)C2. The van der Waals surface area contributed by atoms with Gasteiger partial charge in [-0.3, -0.25) is 4.90 Å². The number of hydrogen-bond donors (Lipinski definition) is 1. The summed E-state index contributed by atoms with van der Waals surface area (Å²) in [5.74, 6) is 2.42. The number of nitrogens with zero attached hydrogens (tertiary/aromatic N) is 2. The van der Waals surface area contributed by atoms with E-state index in [1.54, 1.807) is 7.11 Å². The summed E-state index contributed by atoms with van der Waals surface area (Å²) in [5, 5.41) is 10.4. The van der Waals surface area contributed by atoms with Crippen LogP contribution in [0.1, 0.15) is 129 Å². The molecule has 4 saturated carbocycles. The summed E-state index contributed by atoms with van der Waals surface area (Å²) >= 11 is 0. The zero-order valence-corrected chi connectivity index (χ0v) is 30.0. The summed E-state index contributed by atoms with van der Waals surface area (Å²) < 4.78 is 18.3. The van der Waals surface area contributed by atoms with Crippen LogP contribution in [0.4, 0.5) is 4.79 Å². The Morgan fingerprint density at radius 3 is 2.47 bits per heavy atom. The van der Waals surface area contributed by atoms with Crippen LogP contribution in [0.3, 0.4) is 0 Å². The van der Waals surface area contributed by atoms with E-state index in [1.165, 1.54) is 49.7 Å². The molecule has 1 amide bonds. The standard InChI is InChI=1S/C40H60N2O5/c1-36(2,3)47-35(44)42(39-23-28-21-37(4,26-39)25-38(5,22-28)27-39)18-11-9-7-8-10-17-41-19-16-40-15-14-30(43)20-32(40)46-34-31(45-6)13-12-29(24-41)33(34)40/h12-15,28,30,32,43H,7-11,16-27H2,1-6H3/t28?,30-,32-,37-,38+,39?,40-/m0/s1. The largest absolute Gasteiger partial charge is 0.493 e. The number of hydrogen-bond acceptors (Lipinski definition) is 6. The highest BCUT2D eigenvalue weighted by Gasteiger charge is 2.63. The van der Waals surface area contributed by atoms with Gasteiger partial charge in [0, 0.05) is 30.6 Å². The Morgan fingerprint density at radius 2 is 1.77 bits per heavy atom. The van der Waals surface area contributed by atoms with Crippen LogP contribution in [-0.2, 0) is 16.7 Å². The maximum Gasteiger partial charge on any atom is 0.410 e. The molecule has 2 unspecified atom stereocenters. The summed E-state index contributed by atoms with van der Waals surface area (Å²) in [4.78, 5) is 18.6. The van der Waals surface area contributed by atoms with Crippen molar-refractivity contribution < 1.29 is 24.1 Å². The van der Waals surface area contributed by atoms with Crippen molar-refractivity contribution >= 4 is 6.09 Å². The molecule has 7 nitrogen and oxygen atoms in total. The summed E-state index contributed by atoms with van der Waals surface area (Å²) in [6.45, 7) is 14.8. The zero-order valence-electron chi connectivity index (χ0n) is 30.0. The van der Waals surface area contributed by atoms with Crippen molar-refractivity contribution in [1.29, 1.82) is 0 Å². The molecule has 7 aliphatic rings. The van der Waals surface area contributed by atoms with Crippen LogP contribution in [0.25, 0.3) is 0 Å². The minimum Gasteiger partial charge on any atom is -0.493 e. The number of amides is 1. The molecule has 2 heterocycles. The van der Waals surface area contributed by atoms with E-state index >= 15 is 0 Å². The Balaban J connectivity index is 0.941. The van der Waals surface area contributed by atoms with E-state index < -0.39 is 11.7 Å². The van der Waals surface area contributed by atoms with Gasteiger partial charge in [-0.15, -0.1) is 0 Å². The Kier molecular flexibility index (Phi) is 8.47. The van der Waals surface area contributed by atoms with Crippen LogP contribution in [0.2, 0.25) is 0 Å². The van der Waals surface area contributed by atoms with Crippen LogP contribution in [0, 0.1) is 16.7 Å². The third-order valence-electron chi connectivity index (χ3n) is 12.7. The molecule has 7 heteroatoms. The highest BCUT2D eigenvalue weighted by molar-refractivity contribution is 5.69. The molecule has 7 atom stereocenters. The lowest BCUT2D eigenvalue weighted by Gasteiger charge is -2.67. The maximum absolute atomic E-state index is 13.8. The number of carbonyl (C=O) groups is 1. The van der Waals surface area contributed by atoms with Gasteiger partial charge in [0.15, 0.2) is 11.5 Å². The van der Waals surface area contributed by atoms with Crippen molar-refractivity contribution in [2.24, 2.45) is 16.7 Å². The molecule has 260 valence electrons. The van der Waals surface area contributed by atoms with Crippen LogP contribution >= 0.6 is 0 Å². The number of methoxy groups -OCH3 is 1.